The van der Waals surface area contributed by atoms with Crippen LogP contribution in [0.4, 0.5) is 5.69 Å². The van der Waals surface area contributed by atoms with Crippen LogP contribution in [-0.4, -0.2) is 29.9 Å². The van der Waals surface area contributed by atoms with Gasteiger partial charge in [-0.15, -0.1) is 20.4 Å². The lowest BCUT2D eigenvalue weighted by atomic mass is 10.2. The van der Waals surface area contributed by atoms with Crippen LogP contribution in [0.1, 0.15) is 29.5 Å². The predicted octanol–water partition coefficient (Wildman–Crippen LogP) is 4.70. The fourth-order valence-electron chi connectivity index (χ4n) is 2.93. The molecular weight excluding hydrogens is 404 g/mol. The van der Waals surface area contributed by atoms with E-state index in [1.807, 2.05) is 43.5 Å². The molecule has 10 heteroatoms. The first-order valence-electron chi connectivity index (χ1n) is 9.16. The third-order valence-electron chi connectivity index (χ3n) is 4.45. The predicted molar refractivity (Wildman–Crippen MR) is 111 cm³/mol. The molecule has 0 radical (unpaired) electrons. The summed E-state index contributed by atoms with van der Waals surface area (Å²) in [6, 6.07) is 14.1. The van der Waals surface area contributed by atoms with Gasteiger partial charge < -0.3 is 4.42 Å². The maximum Gasteiger partial charge on any atom is 0.269 e. The van der Waals surface area contributed by atoms with Gasteiger partial charge in [-0.05, 0) is 50.6 Å². The van der Waals surface area contributed by atoms with Crippen LogP contribution in [0.25, 0.3) is 17.1 Å². The maximum atomic E-state index is 10.8. The number of nitrogens with zero attached hydrogens (tertiary/aromatic N) is 6. The smallest absolute Gasteiger partial charge is 0.269 e. The third-order valence-corrected chi connectivity index (χ3v) is 5.48. The summed E-state index contributed by atoms with van der Waals surface area (Å²) < 4.78 is 7.79. The zero-order chi connectivity index (χ0) is 21.3. The first kappa shape index (κ1) is 19.8. The molecule has 2 aromatic heterocycles. The first-order chi connectivity index (χ1) is 14.4. The zero-order valence-corrected chi connectivity index (χ0v) is 17.3. The number of hydrogen-bond acceptors (Lipinski definition) is 8. The topological polar surface area (TPSA) is 113 Å². The van der Waals surface area contributed by atoms with Crippen molar-refractivity contribution in [1.29, 1.82) is 0 Å². The molecule has 0 amide bonds. The molecular formula is C20H18N6O3S. The summed E-state index contributed by atoms with van der Waals surface area (Å²) in [5.74, 6) is 1.53. The molecule has 4 aromatic rings. The monoisotopic (exact) mass is 422 g/mol. The lowest BCUT2D eigenvalue weighted by Crippen LogP contribution is -2.01. The Morgan fingerprint density at radius 2 is 1.83 bits per heavy atom. The highest BCUT2D eigenvalue weighted by Gasteiger charge is 2.21. The van der Waals surface area contributed by atoms with Crippen LogP contribution < -0.4 is 0 Å². The molecule has 30 heavy (non-hydrogen) atoms. The van der Waals surface area contributed by atoms with Crippen LogP contribution in [-0.2, 0) is 0 Å². The van der Waals surface area contributed by atoms with Crippen molar-refractivity contribution in [2.24, 2.45) is 0 Å². The second-order valence-corrected chi connectivity index (χ2v) is 8.02. The lowest BCUT2D eigenvalue weighted by molar-refractivity contribution is -0.384. The van der Waals surface area contributed by atoms with Crippen LogP contribution >= 0.6 is 11.8 Å². The second kappa shape index (κ2) is 8.07. The highest BCUT2D eigenvalue weighted by molar-refractivity contribution is 7.99. The van der Waals surface area contributed by atoms with Gasteiger partial charge in [0.25, 0.3) is 5.69 Å². The summed E-state index contributed by atoms with van der Waals surface area (Å²) in [7, 11) is 0. The van der Waals surface area contributed by atoms with Gasteiger partial charge in [-0.25, -0.2) is 0 Å². The highest BCUT2D eigenvalue weighted by atomic mass is 32.2. The summed E-state index contributed by atoms with van der Waals surface area (Å²) in [5, 5.41) is 28.1. The minimum absolute atomic E-state index is 0.00765. The Balaban J connectivity index is 1.56. The van der Waals surface area contributed by atoms with Gasteiger partial charge in [-0.2, -0.15) is 0 Å². The molecule has 0 saturated carbocycles. The Morgan fingerprint density at radius 3 is 2.53 bits per heavy atom. The summed E-state index contributed by atoms with van der Waals surface area (Å²) in [6.07, 6.45) is 0. The number of nitro groups is 1. The quantitative estimate of drug-likeness (QED) is 0.250. The SMILES string of the molecule is Cc1cccc(-n2c(C)nnc2SC(C)c2nnc(-c3ccc([N+](=O)[O-])cc3)o2)c1. The van der Waals surface area contributed by atoms with Gasteiger partial charge in [0.1, 0.15) is 5.82 Å². The van der Waals surface area contributed by atoms with E-state index in [1.165, 1.54) is 23.9 Å². The van der Waals surface area contributed by atoms with E-state index >= 15 is 0 Å². The van der Waals surface area contributed by atoms with Crippen LogP contribution in [0, 0.1) is 24.0 Å². The largest absolute Gasteiger partial charge is 0.419 e. The fraction of sp³-hybridized carbons (Fsp3) is 0.200. The summed E-state index contributed by atoms with van der Waals surface area (Å²) in [6.45, 7) is 5.89. The van der Waals surface area contributed by atoms with Gasteiger partial charge in [0.2, 0.25) is 11.8 Å². The first-order valence-corrected chi connectivity index (χ1v) is 10.0. The fourth-order valence-corrected chi connectivity index (χ4v) is 3.88. The molecule has 0 aliphatic rings. The van der Waals surface area contributed by atoms with Crippen molar-refractivity contribution in [1.82, 2.24) is 25.0 Å². The standard InChI is InChI=1S/C20H18N6O3S/c1-12-5-4-6-17(11-12)25-14(3)21-24-20(25)30-13(2)18-22-23-19(29-18)15-7-9-16(10-8-15)26(27)28/h4-11,13H,1-3H3. The van der Waals surface area contributed by atoms with Crippen molar-refractivity contribution in [2.45, 2.75) is 31.2 Å². The van der Waals surface area contributed by atoms with Crippen molar-refractivity contribution < 1.29 is 9.34 Å². The molecule has 4 rings (SSSR count). The van der Waals surface area contributed by atoms with Gasteiger partial charge in [-0.3, -0.25) is 14.7 Å². The minimum Gasteiger partial charge on any atom is -0.419 e. The Hall–Kier alpha value is -3.53. The number of nitro benzene ring substituents is 1. The van der Waals surface area contributed by atoms with Crippen molar-refractivity contribution in [3.8, 4) is 17.1 Å². The molecule has 2 aromatic carbocycles. The van der Waals surface area contributed by atoms with Crippen molar-refractivity contribution >= 4 is 17.4 Å². The number of non-ortho nitro benzene ring substituents is 1. The zero-order valence-electron chi connectivity index (χ0n) is 16.5. The summed E-state index contributed by atoms with van der Waals surface area (Å²) >= 11 is 1.46. The Morgan fingerprint density at radius 1 is 1.07 bits per heavy atom. The molecule has 0 spiro atoms. The Labute approximate surface area is 176 Å². The van der Waals surface area contributed by atoms with Crippen LogP contribution in [0.5, 0.6) is 0 Å². The van der Waals surface area contributed by atoms with E-state index in [0.29, 0.717) is 17.3 Å². The summed E-state index contributed by atoms with van der Waals surface area (Å²) in [4.78, 5) is 10.4. The van der Waals surface area contributed by atoms with Crippen LogP contribution in [0.3, 0.4) is 0 Å². The van der Waals surface area contributed by atoms with E-state index in [2.05, 4.69) is 26.5 Å². The molecule has 1 unspecified atom stereocenters. The van der Waals surface area contributed by atoms with Crippen LogP contribution in [0.2, 0.25) is 0 Å². The Bertz CT molecular complexity index is 1200. The highest BCUT2D eigenvalue weighted by Crippen LogP contribution is 2.35. The molecule has 152 valence electrons. The van der Waals surface area contributed by atoms with E-state index in [4.69, 9.17) is 4.42 Å². The number of thioether (sulfide) groups is 1. The molecule has 0 aliphatic heterocycles. The number of aryl methyl sites for hydroxylation is 2. The van der Waals surface area contributed by atoms with E-state index < -0.39 is 4.92 Å². The minimum atomic E-state index is -0.450. The average Bonchev–Trinajstić information content (AvgIpc) is 3.35. The van der Waals surface area contributed by atoms with Crippen molar-refractivity contribution in [3.05, 3.63) is 75.9 Å². The molecule has 0 bridgehead atoms. The molecule has 1 atom stereocenters. The number of benzene rings is 2. The van der Waals surface area contributed by atoms with Gasteiger partial charge in [0, 0.05) is 23.4 Å². The van der Waals surface area contributed by atoms with Gasteiger partial charge >= 0.3 is 0 Å². The van der Waals surface area contributed by atoms with Gasteiger partial charge in [0.05, 0.1) is 10.2 Å². The normalized spacial score (nSPS) is 12.1. The van der Waals surface area contributed by atoms with Crippen molar-refractivity contribution in [3.63, 3.8) is 0 Å². The number of aromatic nitrogens is 5. The average molecular weight is 422 g/mol. The van der Waals surface area contributed by atoms with E-state index in [-0.39, 0.29) is 10.9 Å². The molecule has 9 nitrogen and oxygen atoms in total. The van der Waals surface area contributed by atoms with E-state index in [9.17, 15) is 10.1 Å². The van der Waals surface area contributed by atoms with Crippen LogP contribution in [0.15, 0.2) is 58.1 Å². The molecule has 0 saturated heterocycles. The lowest BCUT2D eigenvalue weighted by Gasteiger charge is -2.11. The maximum absolute atomic E-state index is 10.8. The number of rotatable bonds is 6. The van der Waals surface area contributed by atoms with Gasteiger partial charge in [-0.1, -0.05) is 23.9 Å². The second-order valence-electron chi connectivity index (χ2n) is 6.71. The molecule has 0 N–H and O–H groups in total. The summed E-state index contributed by atoms with van der Waals surface area (Å²) in [5.41, 5.74) is 2.77. The van der Waals surface area contributed by atoms with E-state index in [1.54, 1.807) is 12.1 Å². The van der Waals surface area contributed by atoms with E-state index in [0.717, 1.165) is 22.2 Å². The molecule has 2 heterocycles. The molecule has 0 aliphatic carbocycles. The van der Waals surface area contributed by atoms with Gasteiger partial charge in [0.15, 0.2) is 5.16 Å². The Kier molecular flexibility index (Phi) is 5.32. The number of hydrogen-bond donors (Lipinski definition) is 0. The van der Waals surface area contributed by atoms with Crippen molar-refractivity contribution in [2.75, 3.05) is 0 Å². The molecule has 0 fully saturated rings. The third kappa shape index (κ3) is 3.94.